The van der Waals surface area contributed by atoms with Crippen molar-refractivity contribution >= 4 is 0 Å². The standard InChI is InChI=1S/2C7H6O2.Pd/c2*8-6-4-2-1-3-5-7(6)9;/h2*1-5,8H;/q;;+2/p-2. The summed E-state index contributed by atoms with van der Waals surface area (Å²) in [6, 6.07) is 14.5. The van der Waals surface area contributed by atoms with Crippen molar-refractivity contribution in [2.75, 3.05) is 0 Å². The molecule has 0 heterocycles. The third-order valence-electron chi connectivity index (χ3n) is 1.92. The third-order valence-corrected chi connectivity index (χ3v) is 1.92. The first kappa shape index (κ1) is 17.0. The van der Waals surface area contributed by atoms with Crippen molar-refractivity contribution in [3.05, 3.63) is 60.7 Å². The van der Waals surface area contributed by atoms with Gasteiger partial charge >= 0.3 is 20.4 Å². The zero-order chi connectivity index (χ0) is 13.4. The quantitative estimate of drug-likeness (QED) is 0.503. The van der Waals surface area contributed by atoms with E-state index in [1.165, 1.54) is 24.3 Å². The van der Waals surface area contributed by atoms with Crippen molar-refractivity contribution in [1.29, 1.82) is 0 Å². The SMILES string of the molecule is [O-]c1ccccc[c+]1[O-].[O-]c1ccccc[c+]1[O-].[Pd+2]. The van der Waals surface area contributed by atoms with Crippen LogP contribution in [0.4, 0.5) is 0 Å². The Morgan fingerprint density at radius 3 is 1.37 bits per heavy atom. The van der Waals surface area contributed by atoms with Crippen molar-refractivity contribution in [3.8, 4) is 23.0 Å². The third kappa shape index (κ3) is 6.51. The van der Waals surface area contributed by atoms with E-state index in [1.807, 2.05) is 0 Å². The fourth-order valence-electron chi connectivity index (χ4n) is 1.03. The maximum absolute atomic E-state index is 10.5. The van der Waals surface area contributed by atoms with Crippen LogP contribution < -0.4 is 20.4 Å². The van der Waals surface area contributed by atoms with Gasteiger partial charge in [-0.05, 0) is 0 Å². The van der Waals surface area contributed by atoms with Gasteiger partial charge in [0.1, 0.15) is 0 Å². The van der Waals surface area contributed by atoms with Gasteiger partial charge in [0, 0.05) is 83.7 Å². The van der Waals surface area contributed by atoms with Crippen LogP contribution in [0.2, 0.25) is 0 Å². The molecule has 0 aromatic heterocycles. The summed E-state index contributed by atoms with van der Waals surface area (Å²) in [7, 11) is 0. The Hall–Kier alpha value is -1.96. The van der Waals surface area contributed by atoms with E-state index in [0.717, 1.165) is 0 Å². The van der Waals surface area contributed by atoms with Gasteiger partial charge < -0.3 is 20.4 Å². The second-order valence-corrected chi connectivity index (χ2v) is 3.28. The zero-order valence-corrected chi connectivity index (χ0v) is 11.3. The van der Waals surface area contributed by atoms with E-state index in [0.29, 0.717) is 0 Å². The van der Waals surface area contributed by atoms with Gasteiger partial charge in [0.05, 0.1) is 0 Å². The molecule has 0 bridgehead atoms. The Balaban J connectivity index is 0.000000324. The summed E-state index contributed by atoms with van der Waals surface area (Å²) in [5, 5.41) is 42.0. The Morgan fingerprint density at radius 1 is 0.632 bits per heavy atom. The zero-order valence-electron chi connectivity index (χ0n) is 9.72. The number of rotatable bonds is 0. The summed E-state index contributed by atoms with van der Waals surface area (Å²) >= 11 is 0. The molecule has 0 fully saturated rings. The van der Waals surface area contributed by atoms with Crippen LogP contribution in [0.5, 0.6) is 23.0 Å². The van der Waals surface area contributed by atoms with Crippen LogP contribution in [0.15, 0.2) is 60.7 Å². The predicted octanol–water partition coefficient (Wildman–Crippen LogP) is 0.227. The van der Waals surface area contributed by atoms with Crippen molar-refractivity contribution in [1.82, 2.24) is 0 Å². The predicted molar refractivity (Wildman–Crippen MR) is 59.5 cm³/mol. The van der Waals surface area contributed by atoms with Gasteiger partial charge in [-0.1, -0.05) is 0 Å². The van der Waals surface area contributed by atoms with E-state index in [-0.39, 0.29) is 20.4 Å². The molecular formula is C14H10O4Pd. The Kier molecular flexibility index (Phi) is 8.11. The van der Waals surface area contributed by atoms with Crippen molar-refractivity contribution in [3.63, 3.8) is 0 Å². The Bertz CT molecular complexity index is 437. The van der Waals surface area contributed by atoms with Gasteiger partial charge in [-0.25, -0.2) is 0 Å². The minimum absolute atomic E-state index is 0. The van der Waals surface area contributed by atoms with Gasteiger partial charge in [0.15, 0.2) is 0 Å². The molecule has 2 aromatic carbocycles. The summed E-state index contributed by atoms with van der Waals surface area (Å²) in [6.07, 6.45) is 0. The molecule has 0 aliphatic heterocycles. The van der Waals surface area contributed by atoms with Gasteiger partial charge in [-0.15, -0.1) is 0 Å². The maximum Gasteiger partial charge on any atom is 2.00 e. The summed E-state index contributed by atoms with van der Waals surface area (Å²) in [4.78, 5) is 0. The molecule has 4 nitrogen and oxygen atoms in total. The molecule has 2 rings (SSSR count). The molecule has 0 unspecified atom stereocenters. The van der Waals surface area contributed by atoms with E-state index in [4.69, 9.17) is 0 Å². The minimum Gasteiger partial charge on any atom is -0.852 e. The minimum atomic E-state index is -0.458. The smallest absolute Gasteiger partial charge is 0.852 e. The molecule has 0 radical (unpaired) electrons. The molecule has 0 N–H and O–H groups in total. The van der Waals surface area contributed by atoms with E-state index in [1.54, 1.807) is 36.4 Å². The summed E-state index contributed by atoms with van der Waals surface area (Å²) < 4.78 is 0. The monoisotopic (exact) mass is 348 g/mol. The van der Waals surface area contributed by atoms with E-state index in [9.17, 15) is 20.4 Å². The van der Waals surface area contributed by atoms with Crippen LogP contribution in [0, 0.1) is 0 Å². The van der Waals surface area contributed by atoms with Crippen LogP contribution in [-0.2, 0) is 20.4 Å². The van der Waals surface area contributed by atoms with Crippen molar-refractivity contribution < 1.29 is 40.8 Å². The van der Waals surface area contributed by atoms with Crippen LogP contribution in [-0.4, -0.2) is 0 Å². The normalized spacial score (nSPS) is 8.42. The van der Waals surface area contributed by atoms with Gasteiger partial charge in [0.25, 0.3) is 0 Å². The average Bonchev–Trinajstić information content (AvgIpc) is 2.65. The average molecular weight is 349 g/mol. The first-order chi connectivity index (χ1) is 8.61. The number of hydrogen-bond donors (Lipinski definition) is 0. The van der Waals surface area contributed by atoms with E-state index < -0.39 is 23.0 Å². The van der Waals surface area contributed by atoms with E-state index in [2.05, 4.69) is 0 Å². The van der Waals surface area contributed by atoms with Crippen molar-refractivity contribution in [2.24, 2.45) is 0 Å². The van der Waals surface area contributed by atoms with Crippen LogP contribution in [0.25, 0.3) is 0 Å². The molecule has 0 atom stereocenters. The van der Waals surface area contributed by atoms with Crippen LogP contribution >= 0.6 is 0 Å². The fraction of sp³-hybridized carbons (Fsp3) is 0. The molecule has 0 saturated carbocycles. The Labute approximate surface area is 124 Å². The second kappa shape index (κ2) is 9.04. The van der Waals surface area contributed by atoms with Gasteiger partial charge in [-0.2, -0.15) is 0 Å². The summed E-state index contributed by atoms with van der Waals surface area (Å²) in [5.74, 6) is -1.83. The first-order valence-electron chi connectivity index (χ1n) is 5.14. The molecule has 5 heteroatoms. The molecule has 0 aliphatic rings. The molecule has 100 valence electrons. The largest absolute Gasteiger partial charge is 2.00 e. The van der Waals surface area contributed by atoms with Crippen LogP contribution in [0.1, 0.15) is 0 Å². The molecule has 0 saturated heterocycles. The van der Waals surface area contributed by atoms with Crippen LogP contribution in [0.3, 0.4) is 0 Å². The maximum atomic E-state index is 10.5. The fourth-order valence-corrected chi connectivity index (χ4v) is 1.03. The second-order valence-electron chi connectivity index (χ2n) is 3.28. The molecule has 0 spiro atoms. The summed E-state index contributed by atoms with van der Waals surface area (Å²) in [5.41, 5.74) is 0. The molecule has 0 aliphatic carbocycles. The van der Waals surface area contributed by atoms with Crippen molar-refractivity contribution in [2.45, 2.75) is 0 Å². The molecule has 2 aromatic rings. The van der Waals surface area contributed by atoms with E-state index >= 15 is 0 Å². The topological polar surface area (TPSA) is 92.2 Å². The molecule has 0 amide bonds. The molecular weight excluding hydrogens is 339 g/mol. The van der Waals surface area contributed by atoms with Gasteiger partial charge in [0.2, 0.25) is 0 Å². The first-order valence-corrected chi connectivity index (χ1v) is 5.14. The molecule has 19 heavy (non-hydrogen) atoms. The van der Waals surface area contributed by atoms with Gasteiger partial charge in [-0.3, -0.25) is 0 Å². The summed E-state index contributed by atoms with van der Waals surface area (Å²) in [6.45, 7) is 0. The number of hydrogen-bond acceptors (Lipinski definition) is 4. The Morgan fingerprint density at radius 2 is 1.00 bits per heavy atom.